The van der Waals surface area contributed by atoms with Crippen molar-refractivity contribution in [3.05, 3.63) is 40.9 Å². The van der Waals surface area contributed by atoms with Crippen LogP contribution in [0, 0.1) is 0 Å². The fourth-order valence-electron chi connectivity index (χ4n) is 2.51. The van der Waals surface area contributed by atoms with Gasteiger partial charge in [-0.1, -0.05) is 23.5 Å². The van der Waals surface area contributed by atoms with Crippen molar-refractivity contribution in [2.24, 2.45) is 9.50 Å². The van der Waals surface area contributed by atoms with Crippen molar-refractivity contribution >= 4 is 38.5 Å². The summed E-state index contributed by atoms with van der Waals surface area (Å²) in [5, 5.41) is 6.80. The van der Waals surface area contributed by atoms with Gasteiger partial charge in [-0.3, -0.25) is 0 Å². The van der Waals surface area contributed by atoms with E-state index in [9.17, 15) is 8.42 Å². The summed E-state index contributed by atoms with van der Waals surface area (Å²) < 4.78 is 28.0. The molecule has 1 saturated heterocycles. The number of anilines is 1. The molecule has 0 N–H and O–H groups in total. The Kier molecular flexibility index (Phi) is 3.61. The highest BCUT2D eigenvalue weighted by atomic mass is 32.2. The van der Waals surface area contributed by atoms with E-state index in [1.807, 2.05) is 0 Å². The van der Waals surface area contributed by atoms with Gasteiger partial charge in [-0.15, -0.1) is 4.40 Å². The molecule has 2 aliphatic heterocycles. The van der Waals surface area contributed by atoms with Gasteiger partial charge in [0.1, 0.15) is 4.90 Å². The first-order valence-corrected chi connectivity index (χ1v) is 9.73. The number of thiazole rings is 1. The Morgan fingerprint density at radius 1 is 1.33 bits per heavy atom. The van der Waals surface area contributed by atoms with Crippen LogP contribution in [0.15, 0.2) is 44.9 Å². The van der Waals surface area contributed by atoms with Crippen LogP contribution in [0.3, 0.4) is 0 Å². The average Bonchev–Trinajstić information content (AvgIpc) is 3.07. The molecule has 1 aromatic carbocycles. The standard InChI is InChI=1S/C15H15N5O2S2/c1-19(14-12-5-2-3-6-13(12)24(21,22)18-14)17-10-11-9-16-15(23-11)20-7-4-8-20/h2-3,5-6,9-10H,4,7-8H2,1H3/b17-10+. The van der Waals surface area contributed by atoms with Crippen LogP contribution in [0.25, 0.3) is 0 Å². The maximum absolute atomic E-state index is 12.1. The molecule has 9 heteroatoms. The smallest absolute Gasteiger partial charge is 0.285 e. The number of aromatic nitrogens is 1. The summed E-state index contributed by atoms with van der Waals surface area (Å²) in [6.45, 7) is 2.10. The molecule has 0 saturated carbocycles. The molecule has 7 nitrogen and oxygen atoms in total. The third-order valence-electron chi connectivity index (χ3n) is 3.92. The molecule has 0 spiro atoms. The SMILES string of the molecule is CN(/N=C/c1cnc(N2CCC2)s1)C1=NS(=O)(=O)c2ccccc21. The fourth-order valence-corrected chi connectivity index (χ4v) is 4.57. The Bertz CT molecular complexity index is 944. The molecule has 0 radical (unpaired) electrons. The number of fused-ring (bicyclic) bond motifs is 1. The van der Waals surface area contributed by atoms with Crippen LogP contribution in [0.1, 0.15) is 16.9 Å². The second kappa shape index (κ2) is 5.67. The molecule has 124 valence electrons. The molecule has 24 heavy (non-hydrogen) atoms. The number of nitrogens with zero attached hydrogens (tertiary/aromatic N) is 5. The maximum Gasteiger partial charge on any atom is 0.285 e. The van der Waals surface area contributed by atoms with Crippen molar-refractivity contribution in [2.45, 2.75) is 11.3 Å². The summed E-state index contributed by atoms with van der Waals surface area (Å²) in [5.74, 6) is 0.328. The number of benzene rings is 1. The molecule has 2 aromatic rings. The Balaban J connectivity index is 1.56. The van der Waals surface area contributed by atoms with Gasteiger partial charge in [0.25, 0.3) is 10.0 Å². The molecule has 2 aliphatic rings. The Hall–Kier alpha value is -2.26. The largest absolute Gasteiger partial charge is 0.348 e. The predicted molar refractivity (Wildman–Crippen MR) is 94.5 cm³/mol. The van der Waals surface area contributed by atoms with Crippen LogP contribution < -0.4 is 4.90 Å². The normalized spacial score (nSPS) is 18.4. The quantitative estimate of drug-likeness (QED) is 0.615. The number of sulfonamides is 1. The Morgan fingerprint density at radius 2 is 2.12 bits per heavy atom. The zero-order valence-electron chi connectivity index (χ0n) is 13.0. The van der Waals surface area contributed by atoms with Gasteiger partial charge in [-0.25, -0.2) is 9.99 Å². The lowest BCUT2D eigenvalue weighted by atomic mass is 10.2. The third kappa shape index (κ3) is 2.59. The number of hydrazone groups is 1. The Morgan fingerprint density at radius 3 is 2.88 bits per heavy atom. The predicted octanol–water partition coefficient (Wildman–Crippen LogP) is 1.77. The highest BCUT2D eigenvalue weighted by Gasteiger charge is 2.30. The first kappa shape index (κ1) is 15.3. The third-order valence-corrected chi connectivity index (χ3v) is 6.23. The summed E-state index contributed by atoms with van der Waals surface area (Å²) in [7, 11) is -1.94. The van der Waals surface area contributed by atoms with Crippen LogP contribution in [0.5, 0.6) is 0 Å². The van der Waals surface area contributed by atoms with Gasteiger partial charge in [0.05, 0.1) is 11.1 Å². The molecule has 4 rings (SSSR count). The van der Waals surface area contributed by atoms with Crippen molar-refractivity contribution in [3.8, 4) is 0 Å². The van der Waals surface area contributed by atoms with E-state index in [2.05, 4.69) is 19.4 Å². The second-order valence-electron chi connectivity index (χ2n) is 5.54. The van der Waals surface area contributed by atoms with Gasteiger partial charge >= 0.3 is 0 Å². The van der Waals surface area contributed by atoms with E-state index >= 15 is 0 Å². The van der Waals surface area contributed by atoms with E-state index < -0.39 is 10.0 Å². The molecule has 0 atom stereocenters. The van der Waals surface area contributed by atoms with Crippen LogP contribution >= 0.6 is 11.3 Å². The summed E-state index contributed by atoms with van der Waals surface area (Å²) in [6.07, 6.45) is 4.66. The van der Waals surface area contributed by atoms with E-state index in [-0.39, 0.29) is 4.90 Å². The second-order valence-corrected chi connectivity index (χ2v) is 8.15. The number of amidine groups is 1. The van der Waals surface area contributed by atoms with E-state index in [0.717, 1.165) is 23.1 Å². The topological polar surface area (TPSA) is 78.2 Å². The van der Waals surface area contributed by atoms with E-state index in [0.29, 0.717) is 11.4 Å². The molecule has 0 amide bonds. The summed E-state index contributed by atoms with van der Waals surface area (Å²) in [4.78, 5) is 7.74. The zero-order valence-corrected chi connectivity index (χ0v) is 14.6. The van der Waals surface area contributed by atoms with Gasteiger partial charge in [0.2, 0.25) is 0 Å². The highest BCUT2D eigenvalue weighted by Crippen LogP contribution is 2.28. The zero-order chi connectivity index (χ0) is 16.7. The van der Waals surface area contributed by atoms with Crippen molar-refractivity contribution in [3.63, 3.8) is 0 Å². The molecule has 1 fully saturated rings. The lowest BCUT2D eigenvalue weighted by Crippen LogP contribution is -2.36. The molecule has 1 aromatic heterocycles. The minimum absolute atomic E-state index is 0.222. The average molecular weight is 361 g/mol. The van der Waals surface area contributed by atoms with Crippen LogP contribution in [0.4, 0.5) is 5.13 Å². The molecule has 0 bridgehead atoms. The first-order valence-electron chi connectivity index (χ1n) is 7.47. The van der Waals surface area contributed by atoms with Gasteiger partial charge in [-0.2, -0.15) is 13.5 Å². The molecule has 0 aliphatic carbocycles. The van der Waals surface area contributed by atoms with Crippen molar-refractivity contribution in [2.75, 3.05) is 25.0 Å². The summed E-state index contributed by atoms with van der Waals surface area (Å²) in [6, 6.07) is 6.77. The monoisotopic (exact) mass is 361 g/mol. The number of hydrogen-bond acceptors (Lipinski definition) is 7. The van der Waals surface area contributed by atoms with E-state index in [4.69, 9.17) is 0 Å². The van der Waals surface area contributed by atoms with E-state index in [1.165, 1.54) is 11.4 Å². The summed E-state index contributed by atoms with van der Waals surface area (Å²) in [5.41, 5.74) is 0.572. The maximum atomic E-state index is 12.1. The van der Waals surface area contributed by atoms with E-state index in [1.54, 1.807) is 55.1 Å². The van der Waals surface area contributed by atoms with Crippen molar-refractivity contribution < 1.29 is 8.42 Å². The Labute approximate surface area is 144 Å². The van der Waals surface area contributed by atoms with Crippen LogP contribution in [0.2, 0.25) is 0 Å². The number of hydrogen-bond donors (Lipinski definition) is 0. The van der Waals surface area contributed by atoms with Gasteiger partial charge < -0.3 is 4.90 Å². The first-order chi connectivity index (χ1) is 11.5. The fraction of sp³-hybridized carbons (Fsp3) is 0.267. The lowest BCUT2D eigenvalue weighted by Gasteiger charge is -2.30. The van der Waals surface area contributed by atoms with Crippen molar-refractivity contribution in [1.29, 1.82) is 0 Å². The van der Waals surface area contributed by atoms with Gasteiger partial charge in [-0.05, 0) is 18.6 Å². The van der Waals surface area contributed by atoms with Gasteiger partial charge in [0, 0.05) is 31.9 Å². The minimum atomic E-state index is -3.63. The molecular formula is C15H15N5O2S2. The summed E-state index contributed by atoms with van der Waals surface area (Å²) >= 11 is 1.57. The molecule has 3 heterocycles. The van der Waals surface area contributed by atoms with Crippen molar-refractivity contribution in [1.82, 2.24) is 9.99 Å². The highest BCUT2D eigenvalue weighted by molar-refractivity contribution is 7.90. The van der Waals surface area contributed by atoms with Gasteiger partial charge in [0.15, 0.2) is 11.0 Å². The number of rotatable bonds is 3. The van der Waals surface area contributed by atoms with Crippen LogP contribution in [-0.2, 0) is 10.0 Å². The minimum Gasteiger partial charge on any atom is -0.348 e. The molecule has 0 unspecified atom stereocenters. The lowest BCUT2D eigenvalue weighted by molar-refractivity contribution is 0.549. The molecular weight excluding hydrogens is 346 g/mol. The van der Waals surface area contributed by atoms with Crippen LogP contribution in [-0.4, -0.2) is 50.6 Å².